The minimum atomic E-state index is 0.0740. The Hall–Kier alpha value is -1.79. The molecule has 7 heteroatoms. The molecule has 2 heterocycles. The van der Waals surface area contributed by atoms with Gasteiger partial charge in [0.25, 0.3) is 5.56 Å². The highest BCUT2D eigenvalue weighted by Gasteiger charge is 2.22. The number of fused-ring (bicyclic) bond motifs is 3. The average Bonchev–Trinajstić information content (AvgIpc) is 3.16. The first-order valence-corrected chi connectivity index (χ1v) is 12.8. The molecule has 0 amide bonds. The summed E-state index contributed by atoms with van der Waals surface area (Å²) in [6.45, 7) is 0.511. The summed E-state index contributed by atoms with van der Waals surface area (Å²) in [5.74, 6) is 0.661. The first-order valence-electron chi connectivity index (χ1n) is 10.3. The molecule has 0 saturated carbocycles. The average molecular weight is 487 g/mol. The van der Waals surface area contributed by atoms with Crippen molar-refractivity contribution in [2.75, 3.05) is 0 Å². The number of benzene rings is 2. The minimum Gasteiger partial charge on any atom is -0.283 e. The molecule has 0 atom stereocenters. The van der Waals surface area contributed by atoms with E-state index in [1.165, 1.54) is 16.9 Å². The van der Waals surface area contributed by atoms with E-state index in [0.29, 0.717) is 22.3 Å². The monoisotopic (exact) mass is 486 g/mol. The van der Waals surface area contributed by atoms with Crippen LogP contribution in [0.2, 0.25) is 10.0 Å². The van der Waals surface area contributed by atoms with E-state index in [4.69, 9.17) is 28.2 Å². The van der Waals surface area contributed by atoms with E-state index in [9.17, 15) is 4.79 Å². The maximum absolute atomic E-state index is 13.7. The van der Waals surface area contributed by atoms with E-state index in [1.807, 2.05) is 47.0 Å². The van der Waals surface area contributed by atoms with Crippen LogP contribution in [-0.4, -0.2) is 9.55 Å². The Morgan fingerprint density at radius 1 is 1.00 bits per heavy atom. The van der Waals surface area contributed by atoms with Crippen LogP contribution in [0.25, 0.3) is 10.2 Å². The number of aryl methyl sites for hydroxylation is 2. The molecular formula is C24H20Cl2N2OS2. The molecule has 1 aliphatic carbocycles. The van der Waals surface area contributed by atoms with Crippen LogP contribution >= 0.6 is 46.3 Å². The minimum absolute atomic E-state index is 0.0740. The number of aromatic nitrogens is 2. The van der Waals surface area contributed by atoms with Gasteiger partial charge in [-0.15, -0.1) is 11.3 Å². The van der Waals surface area contributed by atoms with Crippen molar-refractivity contribution in [2.24, 2.45) is 0 Å². The van der Waals surface area contributed by atoms with Gasteiger partial charge in [0, 0.05) is 10.6 Å². The summed E-state index contributed by atoms with van der Waals surface area (Å²) in [7, 11) is 0. The van der Waals surface area contributed by atoms with Crippen LogP contribution in [-0.2, 0) is 25.1 Å². The molecule has 2 aromatic carbocycles. The summed E-state index contributed by atoms with van der Waals surface area (Å²) in [6.07, 6.45) is 4.37. The lowest BCUT2D eigenvalue weighted by Gasteiger charge is -2.14. The van der Waals surface area contributed by atoms with E-state index in [-0.39, 0.29) is 5.56 Å². The Kier molecular flexibility index (Phi) is 6.11. The molecule has 0 bridgehead atoms. The van der Waals surface area contributed by atoms with Crippen molar-refractivity contribution >= 4 is 56.5 Å². The molecule has 0 radical (unpaired) electrons. The van der Waals surface area contributed by atoms with Crippen molar-refractivity contribution in [1.82, 2.24) is 9.55 Å². The normalized spacial score (nSPS) is 13.5. The highest BCUT2D eigenvalue weighted by molar-refractivity contribution is 7.98. The van der Waals surface area contributed by atoms with E-state index in [0.717, 1.165) is 45.8 Å². The Balaban J connectivity index is 1.58. The lowest BCUT2D eigenvalue weighted by atomic mass is 9.97. The van der Waals surface area contributed by atoms with Crippen LogP contribution in [0.5, 0.6) is 0 Å². The number of hydrogen-bond acceptors (Lipinski definition) is 4. The van der Waals surface area contributed by atoms with Gasteiger partial charge in [-0.25, -0.2) is 4.98 Å². The van der Waals surface area contributed by atoms with Gasteiger partial charge in [0.1, 0.15) is 4.83 Å². The van der Waals surface area contributed by atoms with Gasteiger partial charge in [-0.05, 0) is 54.5 Å². The molecule has 1 aliphatic rings. The standard InChI is InChI=1S/C24H20Cl2N2OS2/c25-18-11-10-16(12-19(18)26)14-30-24-27-22-21(17-8-4-5-9-20(17)31-22)23(29)28(24)13-15-6-2-1-3-7-15/h1-3,6-7,10-12H,4-5,8-9,13-14H2. The Morgan fingerprint density at radius 3 is 2.61 bits per heavy atom. The van der Waals surface area contributed by atoms with E-state index < -0.39 is 0 Å². The molecule has 31 heavy (non-hydrogen) atoms. The number of halogens is 2. The van der Waals surface area contributed by atoms with Gasteiger partial charge in [0.15, 0.2) is 5.16 Å². The predicted molar refractivity (Wildman–Crippen MR) is 132 cm³/mol. The molecule has 3 nitrogen and oxygen atoms in total. The zero-order valence-electron chi connectivity index (χ0n) is 16.7. The van der Waals surface area contributed by atoms with Crippen molar-refractivity contribution in [3.8, 4) is 0 Å². The molecule has 4 aromatic rings. The molecule has 2 aromatic heterocycles. The van der Waals surface area contributed by atoms with E-state index >= 15 is 0 Å². The number of nitrogens with zero attached hydrogens (tertiary/aromatic N) is 2. The van der Waals surface area contributed by atoms with Gasteiger partial charge in [-0.2, -0.15) is 0 Å². The third-order valence-electron chi connectivity index (χ3n) is 5.58. The molecule has 0 spiro atoms. The second-order valence-corrected chi connectivity index (χ2v) is 10.5. The third-order valence-corrected chi connectivity index (χ3v) is 8.55. The molecule has 0 fully saturated rings. The number of rotatable bonds is 5. The number of thiophene rings is 1. The first-order chi connectivity index (χ1) is 15.1. The van der Waals surface area contributed by atoms with Crippen molar-refractivity contribution in [1.29, 1.82) is 0 Å². The first kappa shape index (κ1) is 21.1. The van der Waals surface area contributed by atoms with E-state index in [2.05, 4.69) is 0 Å². The van der Waals surface area contributed by atoms with Crippen LogP contribution in [0, 0.1) is 0 Å². The topological polar surface area (TPSA) is 34.9 Å². The summed E-state index contributed by atoms with van der Waals surface area (Å²) in [4.78, 5) is 20.9. The number of thioether (sulfide) groups is 1. The van der Waals surface area contributed by atoms with Crippen LogP contribution in [0.3, 0.4) is 0 Å². The molecule has 0 saturated heterocycles. The maximum Gasteiger partial charge on any atom is 0.263 e. The summed E-state index contributed by atoms with van der Waals surface area (Å²) in [5.41, 5.74) is 3.44. The quantitative estimate of drug-likeness (QED) is 0.225. The highest BCUT2D eigenvalue weighted by atomic mass is 35.5. The smallest absolute Gasteiger partial charge is 0.263 e. The summed E-state index contributed by atoms with van der Waals surface area (Å²) < 4.78 is 1.83. The number of hydrogen-bond donors (Lipinski definition) is 0. The summed E-state index contributed by atoms with van der Waals surface area (Å²) in [6, 6.07) is 15.7. The van der Waals surface area contributed by atoms with Crippen LogP contribution in [0.1, 0.15) is 34.4 Å². The van der Waals surface area contributed by atoms with Gasteiger partial charge in [-0.1, -0.05) is 71.4 Å². The summed E-state index contributed by atoms with van der Waals surface area (Å²) in [5, 5.41) is 2.65. The molecule has 0 N–H and O–H groups in total. The summed E-state index contributed by atoms with van der Waals surface area (Å²) >= 11 is 15.5. The fourth-order valence-electron chi connectivity index (χ4n) is 4.01. The Labute approximate surface area is 199 Å². The molecule has 5 rings (SSSR count). The predicted octanol–water partition coefficient (Wildman–Crippen LogP) is 6.98. The van der Waals surface area contributed by atoms with Crippen molar-refractivity contribution < 1.29 is 0 Å². The lowest BCUT2D eigenvalue weighted by Crippen LogP contribution is -2.24. The van der Waals surface area contributed by atoms with Gasteiger partial charge >= 0.3 is 0 Å². The fraction of sp³-hybridized carbons (Fsp3) is 0.250. The fourth-order valence-corrected chi connectivity index (χ4v) is 6.58. The van der Waals surface area contributed by atoms with Crippen molar-refractivity contribution in [3.63, 3.8) is 0 Å². The second-order valence-electron chi connectivity index (χ2n) is 7.70. The van der Waals surface area contributed by atoms with Gasteiger partial charge < -0.3 is 0 Å². The van der Waals surface area contributed by atoms with Crippen LogP contribution in [0.4, 0.5) is 0 Å². The van der Waals surface area contributed by atoms with Crippen LogP contribution < -0.4 is 5.56 Å². The second kappa shape index (κ2) is 8.99. The maximum atomic E-state index is 13.7. The van der Waals surface area contributed by atoms with Crippen molar-refractivity contribution in [3.05, 3.63) is 90.5 Å². The van der Waals surface area contributed by atoms with Gasteiger partial charge in [-0.3, -0.25) is 9.36 Å². The van der Waals surface area contributed by atoms with E-state index in [1.54, 1.807) is 29.2 Å². The SMILES string of the molecule is O=c1c2c3c(sc2nc(SCc2ccc(Cl)c(Cl)c2)n1Cc1ccccc1)CCCC3. The third kappa shape index (κ3) is 4.29. The largest absolute Gasteiger partial charge is 0.283 e. The zero-order valence-corrected chi connectivity index (χ0v) is 19.9. The lowest BCUT2D eigenvalue weighted by molar-refractivity contribution is 0.656. The zero-order chi connectivity index (χ0) is 21.4. The Morgan fingerprint density at radius 2 is 1.81 bits per heavy atom. The molecule has 0 unspecified atom stereocenters. The van der Waals surface area contributed by atoms with Crippen molar-refractivity contribution in [2.45, 2.75) is 43.1 Å². The highest BCUT2D eigenvalue weighted by Crippen LogP contribution is 2.35. The Bertz CT molecular complexity index is 1310. The molecule has 158 valence electrons. The molecule has 0 aliphatic heterocycles. The molecular weight excluding hydrogens is 467 g/mol. The van der Waals surface area contributed by atoms with Gasteiger partial charge in [0.2, 0.25) is 0 Å². The van der Waals surface area contributed by atoms with Crippen LogP contribution in [0.15, 0.2) is 58.5 Å². The van der Waals surface area contributed by atoms with Gasteiger partial charge in [0.05, 0.1) is 22.0 Å².